The Morgan fingerprint density at radius 1 is 0.778 bits per heavy atom. The Bertz CT molecular complexity index is 1190. The fraction of sp³-hybridized carbons (Fsp3) is 0.267. The first-order valence-corrected chi connectivity index (χ1v) is 12.4. The van der Waals surface area contributed by atoms with Crippen LogP contribution in [0.5, 0.6) is 11.5 Å². The van der Waals surface area contributed by atoms with E-state index in [2.05, 4.69) is 31.1 Å². The van der Waals surface area contributed by atoms with Crippen molar-refractivity contribution in [2.45, 2.75) is 39.5 Å². The molecule has 0 saturated heterocycles. The van der Waals surface area contributed by atoms with Gasteiger partial charge in [-0.1, -0.05) is 51.5 Å². The smallest absolute Gasteiger partial charge is 0.256 e. The number of ether oxygens (including phenoxy) is 2. The number of hydrogen-bond acceptors (Lipinski definition) is 4. The van der Waals surface area contributed by atoms with Crippen molar-refractivity contribution in [3.63, 3.8) is 0 Å². The number of carbonyl (C=O) groups is 2. The molecule has 3 aromatic carbocycles. The molecule has 3 aromatic rings. The molecule has 0 heterocycles. The standard InChI is InChI=1S/C30H34N2O4/c1-4-7-17-35-26-13-9-11-24(20-26)31-29(33)23-15-16-28(22(6-3)19-23)30(34)32-25-12-10-14-27(21-25)36-18-8-5-2/h6,9-16,19-21H,3-5,7-8,17-18H2,1-2H3,(H,31,33)(H,32,34). The van der Waals surface area contributed by atoms with Gasteiger partial charge < -0.3 is 20.1 Å². The molecule has 0 fully saturated rings. The Kier molecular flexibility index (Phi) is 10.1. The quantitative estimate of drug-likeness (QED) is 0.251. The van der Waals surface area contributed by atoms with E-state index in [1.54, 1.807) is 48.5 Å². The lowest BCUT2D eigenvalue weighted by Crippen LogP contribution is -2.16. The summed E-state index contributed by atoms with van der Waals surface area (Å²) in [6, 6.07) is 19.5. The highest BCUT2D eigenvalue weighted by Gasteiger charge is 2.14. The molecule has 0 aliphatic rings. The minimum absolute atomic E-state index is 0.285. The number of anilines is 2. The summed E-state index contributed by atoms with van der Waals surface area (Å²) in [4.78, 5) is 25.8. The van der Waals surface area contributed by atoms with E-state index in [0.717, 1.165) is 25.7 Å². The van der Waals surface area contributed by atoms with Crippen molar-refractivity contribution in [1.29, 1.82) is 0 Å². The largest absolute Gasteiger partial charge is 0.494 e. The fourth-order valence-electron chi connectivity index (χ4n) is 3.48. The van der Waals surface area contributed by atoms with Crippen LogP contribution in [-0.2, 0) is 0 Å². The number of hydrogen-bond donors (Lipinski definition) is 2. The Balaban J connectivity index is 1.68. The molecule has 0 aromatic heterocycles. The average Bonchev–Trinajstić information content (AvgIpc) is 2.89. The maximum absolute atomic E-state index is 13.0. The highest BCUT2D eigenvalue weighted by atomic mass is 16.5. The Hall–Kier alpha value is -4.06. The van der Waals surface area contributed by atoms with Crippen molar-refractivity contribution in [1.82, 2.24) is 0 Å². The lowest BCUT2D eigenvalue weighted by atomic mass is 10.0. The summed E-state index contributed by atoms with van der Waals surface area (Å²) in [5, 5.41) is 5.79. The van der Waals surface area contributed by atoms with Crippen LogP contribution >= 0.6 is 0 Å². The van der Waals surface area contributed by atoms with E-state index >= 15 is 0 Å². The zero-order valence-electron chi connectivity index (χ0n) is 21.0. The Labute approximate surface area is 213 Å². The van der Waals surface area contributed by atoms with Crippen molar-refractivity contribution in [3.8, 4) is 11.5 Å². The number of rotatable bonds is 13. The molecule has 3 rings (SSSR count). The van der Waals surface area contributed by atoms with Gasteiger partial charge in [0.05, 0.1) is 13.2 Å². The lowest BCUT2D eigenvalue weighted by Gasteiger charge is -2.12. The maximum Gasteiger partial charge on any atom is 0.256 e. The molecule has 0 radical (unpaired) electrons. The van der Waals surface area contributed by atoms with Gasteiger partial charge in [-0.05, 0) is 60.9 Å². The van der Waals surface area contributed by atoms with Crippen LogP contribution in [0.15, 0.2) is 73.3 Å². The van der Waals surface area contributed by atoms with Crippen molar-refractivity contribution in [2.24, 2.45) is 0 Å². The molecular weight excluding hydrogens is 452 g/mol. The first-order chi connectivity index (χ1) is 17.5. The summed E-state index contributed by atoms with van der Waals surface area (Å²) in [7, 11) is 0. The molecule has 0 spiro atoms. The highest BCUT2D eigenvalue weighted by Crippen LogP contribution is 2.22. The first-order valence-electron chi connectivity index (χ1n) is 12.4. The molecule has 6 heteroatoms. The summed E-state index contributed by atoms with van der Waals surface area (Å²) in [6.45, 7) is 9.30. The monoisotopic (exact) mass is 486 g/mol. The van der Waals surface area contributed by atoms with E-state index in [4.69, 9.17) is 9.47 Å². The third-order valence-electron chi connectivity index (χ3n) is 5.50. The van der Waals surface area contributed by atoms with Gasteiger partial charge in [0.1, 0.15) is 11.5 Å². The van der Waals surface area contributed by atoms with E-state index in [0.29, 0.717) is 52.8 Å². The summed E-state index contributed by atoms with van der Waals surface area (Å²) in [6.07, 6.45) is 5.61. The van der Waals surface area contributed by atoms with Gasteiger partial charge in [-0.3, -0.25) is 9.59 Å². The van der Waals surface area contributed by atoms with Gasteiger partial charge in [-0.15, -0.1) is 0 Å². The van der Waals surface area contributed by atoms with Gasteiger partial charge >= 0.3 is 0 Å². The van der Waals surface area contributed by atoms with Crippen LogP contribution in [-0.4, -0.2) is 25.0 Å². The molecule has 0 aliphatic carbocycles. The van der Waals surface area contributed by atoms with Crippen LogP contribution in [0.2, 0.25) is 0 Å². The van der Waals surface area contributed by atoms with Crippen LogP contribution in [0.4, 0.5) is 11.4 Å². The highest BCUT2D eigenvalue weighted by molar-refractivity contribution is 6.09. The fourth-order valence-corrected chi connectivity index (χ4v) is 3.48. The zero-order valence-corrected chi connectivity index (χ0v) is 21.0. The summed E-state index contributed by atoms with van der Waals surface area (Å²) >= 11 is 0. The molecule has 2 amide bonds. The Morgan fingerprint density at radius 3 is 1.86 bits per heavy atom. The molecule has 188 valence electrons. The van der Waals surface area contributed by atoms with Crippen LogP contribution in [0.3, 0.4) is 0 Å². The zero-order chi connectivity index (χ0) is 25.8. The number of carbonyl (C=O) groups excluding carboxylic acids is 2. The minimum atomic E-state index is -0.292. The molecule has 2 N–H and O–H groups in total. The number of benzene rings is 3. The van der Waals surface area contributed by atoms with Gasteiger partial charge in [0.2, 0.25) is 0 Å². The van der Waals surface area contributed by atoms with Crippen LogP contribution in [0.25, 0.3) is 6.08 Å². The second-order valence-corrected chi connectivity index (χ2v) is 8.37. The molecule has 0 saturated carbocycles. The summed E-state index contributed by atoms with van der Waals surface area (Å²) in [5.74, 6) is 0.837. The lowest BCUT2D eigenvalue weighted by molar-refractivity contribution is 0.101. The third kappa shape index (κ3) is 7.73. The first kappa shape index (κ1) is 26.5. The topological polar surface area (TPSA) is 76.7 Å². The average molecular weight is 487 g/mol. The number of amides is 2. The predicted molar refractivity (Wildman–Crippen MR) is 146 cm³/mol. The van der Waals surface area contributed by atoms with Crippen LogP contribution in [0.1, 0.15) is 65.8 Å². The molecular formula is C30H34N2O4. The molecule has 0 unspecified atom stereocenters. The van der Waals surface area contributed by atoms with Gasteiger partial charge in [0.25, 0.3) is 11.8 Å². The summed E-state index contributed by atoms with van der Waals surface area (Å²) < 4.78 is 11.4. The van der Waals surface area contributed by atoms with Crippen LogP contribution in [0, 0.1) is 0 Å². The van der Waals surface area contributed by atoms with E-state index in [-0.39, 0.29) is 11.8 Å². The molecule has 6 nitrogen and oxygen atoms in total. The summed E-state index contributed by atoms with van der Waals surface area (Å²) in [5.41, 5.74) is 2.67. The Morgan fingerprint density at radius 2 is 1.33 bits per heavy atom. The van der Waals surface area contributed by atoms with E-state index in [1.807, 2.05) is 24.3 Å². The SMILES string of the molecule is C=Cc1cc(C(=O)Nc2cccc(OCCCC)c2)ccc1C(=O)Nc1cccc(OCCCC)c1. The van der Waals surface area contributed by atoms with E-state index < -0.39 is 0 Å². The molecule has 36 heavy (non-hydrogen) atoms. The third-order valence-corrected chi connectivity index (χ3v) is 5.50. The van der Waals surface area contributed by atoms with Gasteiger partial charge in [0.15, 0.2) is 0 Å². The maximum atomic E-state index is 13.0. The van der Waals surface area contributed by atoms with E-state index in [9.17, 15) is 9.59 Å². The van der Waals surface area contributed by atoms with Crippen molar-refractivity contribution >= 4 is 29.3 Å². The second kappa shape index (κ2) is 13.7. The predicted octanol–water partition coefficient (Wildman–Crippen LogP) is 7.19. The molecule has 0 bridgehead atoms. The van der Waals surface area contributed by atoms with E-state index in [1.165, 1.54) is 0 Å². The minimum Gasteiger partial charge on any atom is -0.494 e. The van der Waals surface area contributed by atoms with Gasteiger partial charge in [-0.25, -0.2) is 0 Å². The molecule has 0 aliphatic heterocycles. The second-order valence-electron chi connectivity index (χ2n) is 8.37. The normalized spacial score (nSPS) is 10.4. The van der Waals surface area contributed by atoms with Crippen molar-refractivity contribution in [2.75, 3.05) is 23.8 Å². The number of nitrogens with one attached hydrogen (secondary N) is 2. The van der Waals surface area contributed by atoms with Gasteiger partial charge in [-0.2, -0.15) is 0 Å². The molecule has 0 atom stereocenters. The van der Waals surface area contributed by atoms with Crippen molar-refractivity contribution in [3.05, 3.63) is 90.0 Å². The number of unbranched alkanes of at least 4 members (excludes halogenated alkanes) is 2. The van der Waals surface area contributed by atoms with Crippen LogP contribution < -0.4 is 20.1 Å². The van der Waals surface area contributed by atoms with Gasteiger partial charge in [0, 0.05) is 34.6 Å². The van der Waals surface area contributed by atoms with Crippen molar-refractivity contribution < 1.29 is 19.1 Å².